The van der Waals surface area contributed by atoms with Crippen LogP contribution in [0.1, 0.15) is 0 Å². The lowest BCUT2D eigenvalue weighted by atomic mass is 10.1. The van der Waals surface area contributed by atoms with Crippen LogP contribution >= 0.6 is 23.2 Å². The summed E-state index contributed by atoms with van der Waals surface area (Å²) in [5.41, 5.74) is 4.31. The standard InChI is InChI=1S/C17H8Cl2N4/c18-15-13-9-5-1-3-7-11(9)23-12-8-4-2-6-10(12)20-16(23)14(13)21-17(19)22-15/h1-8H. The number of hydrogen-bond donors (Lipinski definition) is 0. The van der Waals surface area contributed by atoms with Crippen molar-refractivity contribution in [2.24, 2.45) is 0 Å². The molecule has 3 aromatic heterocycles. The van der Waals surface area contributed by atoms with E-state index in [-0.39, 0.29) is 5.28 Å². The van der Waals surface area contributed by atoms with Crippen molar-refractivity contribution >= 4 is 61.7 Å². The van der Waals surface area contributed by atoms with Crippen LogP contribution in [0.5, 0.6) is 0 Å². The molecule has 5 rings (SSSR count). The molecule has 0 aliphatic heterocycles. The van der Waals surface area contributed by atoms with Gasteiger partial charge in [-0.15, -0.1) is 0 Å². The molecule has 0 spiro atoms. The molecule has 110 valence electrons. The summed E-state index contributed by atoms with van der Waals surface area (Å²) in [6, 6.07) is 16.0. The van der Waals surface area contributed by atoms with E-state index in [1.54, 1.807) is 0 Å². The van der Waals surface area contributed by atoms with Crippen LogP contribution in [-0.4, -0.2) is 19.4 Å². The highest BCUT2D eigenvalue weighted by atomic mass is 35.5. The summed E-state index contributed by atoms with van der Waals surface area (Å²) in [4.78, 5) is 13.2. The van der Waals surface area contributed by atoms with E-state index in [0.717, 1.165) is 33.0 Å². The van der Waals surface area contributed by atoms with Gasteiger partial charge in [-0.1, -0.05) is 41.9 Å². The minimum atomic E-state index is 0.117. The molecule has 0 atom stereocenters. The summed E-state index contributed by atoms with van der Waals surface area (Å²) in [7, 11) is 0. The molecular formula is C17H8Cl2N4. The SMILES string of the molecule is Clc1nc(Cl)c2c3ccccc3n3c4ccccc4nc3c2n1. The fourth-order valence-electron chi connectivity index (χ4n) is 3.12. The maximum Gasteiger partial charge on any atom is 0.224 e. The maximum absolute atomic E-state index is 6.37. The van der Waals surface area contributed by atoms with Gasteiger partial charge in [-0.2, -0.15) is 0 Å². The molecule has 5 aromatic rings. The van der Waals surface area contributed by atoms with Gasteiger partial charge < -0.3 is 0 Å². The van der Waals surface area contributed by atoms with E-state index < -0.39 is 0 Å². The highest BCUT2D eigenvalue weighted by Crippen LogP contribution is 2.34. The predicted octanol–water partition coefficient (Wildman–Crippen LogP) is 4.89. The Balaban J connectivity index is 2.24. The van der Waals surface area contributed by atoms with E-state index in [9.17, 15) is 0 Å². The van der Waals surface area contributed by atoms with Gasteiger partial charge in [-0.25, -0.2) is 15.0 Å². The van der Waals surface area contributed by atoms with Crippen molar-refractivity contribution in [2.75, 3.05) is 0 Å². The van der Waals surface area contributed by atoms with Crippen molar-refractivity contribution in [3.05, 3.63) is 59.0 Å². The maximum atomic E-state index is 6.37. The van der Waals surface area contributed by atoms with Crippen molar-refractivity contribution in [1.82, 2.24) is 19.4 Å². The van der Waals surface area contributed by atoms with E-state index in [1.807, 2.05) is 48.5 Å². The van der Waals surface area contributed by atoms with Crippen molar-refractivity contribution < 1.29 is 0 Å². The van der Waals surface area contributed by atoms with Crippen molar-refractivity contribution in [3.8, 4) is 0 Å². The Hall–Kier alpha value is -2.43. The lowest BCUT2D eigenvalue weighted by Crippen LogP contribution is -1.95. The minimum absolute atomic E-state index is 0.117. The molecule has 6 heteroatoms. The third-order valence-corrected chi connectivity index (χ3v) is 4.47. The summed E-state index contributed by atoms with van der Waals surface area (Å²) < 4.78 is 2.09. The first-order chi connectivity index (χ1) is 11.2. The third kappa shape index (κ3) is 1.70. The molecule has 0 aliphatic carbocycles. The molecule has 0 aliphatic rings. The average molecular weight is 339 g/mol. The molecule has 0 radical (unpaired) electrons. The van der Waals surface area contributed by atoms with Crippen LogP contribution in [-0.2, 0) is 0 Å². The van der Waals surface area contributed by atoms with Crippen LogP contribution in [0.3, 0.4) is 0 Å². The summed E-state index contributed by atoms with van der Waals surface area (Å²) in [6.07, 6.45) is 0. The second-order valence-corrected chi connectivity index (χ2v) is 5.98. The molecule has 0 amide bonds. The number of nitrogens with zero attached hydrogens (tertiary/aromatic N) is 4. The lowest BCUT2D eigenvalue weighted by Gasteiger charge is -2.09. The average Bonchev–Trinajstić information content (AvgIpc) is 2.94. The summed E-state index contributed by atoms with van der Waals surface area (Å²) in [5, 5.41) is 2.20. The van der Waals surface area contributed by atoms with E-state index in [1.165, 1.54) is 0 Å². The van der Waals surface area contributed by atoms with Gasteiger partial charge in [0.05, 0.1) is 21.9 Å². The first kappa shape index (κ1) is 13.0. The molecule has 0 saturated heterocycles. The number of halogens is 2. The summed E-state index contributed by atoms with van der Waals surface area (Å²) in [5.74, 6) is 0. The Labute approximate surface area is 140 Å². The second kappa shape index (κ2) is 4.54. The number of fused-ring (bicyclic) bond motifs is 8. The topological polar surface area (TPSA) is 43.1 Å². The Morgan fingerprint density at radius 3 is 2.39 bits per heavy atom. The van der Waals surface area contributed by atoms with E-state index in [4.69, 9.17) is 28.2 Å². The Bertz CT molecular complexity index is 1240. The van der Waals surface area contributed by atoms with Gasteiger partial charge in [0.1, 0.15) is 10.7 Å². The van der Waals surface area contributed by atoms with E-state index in [2.05, 4.69) is 14.4 Å². The molecule has 0 fully saturated rings. The molecule has 0 bridgehead atoms. The number of pyridine rings is 1. The highest BCUT2D eigenvalue weighted by Gasteiger charge is 2.17. The second-order valence-electron chi connectivity index (χ2n) is 5.28. The molecule has 0 N–H and O–H groups in total. The monoisotopic (exact) mass is 338 g/mol. The van der Waals surface area contributed by atoms with Crippen LogP contribution in [0.2, 0.25) is 10.4 Å². The first-order valence-electron chi connectivity index (χ1n) is 7.05. The smallest absolute Gasteiger partial charge is 0.224 e. The quantitative estimate of drug-likeness (QED) is 0.229. The van der Waals surface area contributed by atoms with Gasteiger partial charge >= 0.3 is 0 Å². The molecule has 3 heterocycles. The molecular weight excluding hydrogens is 331 g/mol. The zero-order valence-electron chi connectivity index (χ0n) is 11.7. The van der Waals surface area contributed by atoms with Gasteiger partial charge in [0, 0.05) is 5.39 Å². The van der Waals surface area contributed by atoms with Crippen LogP contribution in [0.15, 0.2) is 48.5 Å². The minimum Gasteiger partial charge on any atom is -0.290 e. The van der Waals surface area contributed by atoms with Crippen molar-refractivity contribution in [3.63, 3.8) is 0 Å². The normalized spacial score (nSPS) is 11.9. The van der Waals surface area contributed by atoms with Gasteiger partial charge in [-0.3, -0.25) is 4.40 Å². The number of aromatic nitrogens is 4. The number of para-hydroxylation sites is 3. The molecule has 0 saturated carbocycles. The Morgan fingerprint density at radius 1 is 0.783 bits per heavy atom. The predicted molar refractivity (Wildman–Crippen MR) is 93.3 cm³/mol. The van der Waals surface area contributed by atoms with Crippen LogP contribution < -0.4 is 0 Å². The van der Waals surface area contributed by atoms with Gasteiger partial charge in [0.2, 0.25) is 5.28 Å². The molecule has 4 nitrogen and oxygen atoms in total. The van der Waals surface area contributed by atoms with E-state index >= 15 is 0 Å². The highest BCUT2D eigenvalue weighted by molar-refractivity contribution is 6.38. The van der Waals surface area contributed by atoms with Gasteiger partial charge in [0.15, 0.2) is 5.65 Å². The lowest BCUT2D eigenvalue weighted by molar-refractivity contribution is 1.21. The number of hydrogen-bond acceptors (Lipinski definition) is 3. The van der Waals surface area contributed by atoms with E-state index in [0.29, 0.717) is 10.7 Å². The van der Waals surface area contributed by atoms with Gasteiger partial charge in [-0.05, 0) is 29.8 Å². The van der Waals surface area contributed by atoms with Gasteiger partial charge in [0.25, 0.3) is 0 Å². The molecule has 23 heavy (non-hydrogen) atoms. The zero-order valence-corrected chi connectivity index (χ0v) is 13.2. The fourth-order valence-corrected chi connectivity index (χ4v) is 3.60. The largest absolute Gasteiger partial charge is 0.290 e. The Morgan fingerprint density at radius 2 is 1.52 bits per heavy atom. The summed E-state index contributed by atoms with van der Waals surface area (Å²) in [6.45, 7) is 0. The zero-order chi connectivity index (χ0) is 15.6. The number of benzene rings is 2. The molecule has 2 aromatic carbocycles. The first-order valence-corrected chi connectivity index (χ1v) is 7.80. The number of rotatable bonds is 0. The van der Waals surface area contributed by atoms with Crippen molar-refractivity contribution in [1.29, 1.82) is 0 Å². The fraction of sp³-hybridized carbons (Fsp3) is 0. The van der Waals surface area contributed by atoms with Crippen LogP contribution in [0, 0.1) is 0 Å². The van der Waals surface area contributed by atoms with Crippen LogP contribution in [0.25, 0.3) is 38.5 Å². The van der Waals surface area contributed by atoms with Crippen LogP contribution in [0.4, 0.5) is 0 Å². The third-order valence-electron chi connectivity index (χ3n) is 4.02. The molecule has 0 unspecified atom stereocenters. The summed E-state index contributed by atoms with van der Waals surface area (Å²) >= 11 is 12.4. The Kier molecular flexibility index (Phi) is 2.57. The number of imidazole rings is 1. The van der Waals surface area contributed by atoms with Crippen molar-refractivity contribution in [2.45, 2.75) is 0 Å².